The molecule has 1 aliphatic heterocycles. The summed E-state index contributed by atoms with van der Waals surface area (Å²) in [6.45, 7) is 1.72. The molecule has 1 atom stereocenters. The maximum atomic E-state index is 13.7. The van der Waals surface area contributed by atoms with E-state index in [4.69, 9.17) is 0 Å². The van der Waals surface area contributed by atoms with Gasteiger partial charge in [0.2, 0.25) is 6.35 Å². The maximum Gasteiger partial charge on any atom is 0.460 e. The molecule has 15 heteroatoms. The van der Waals surface area contributed by atoms with Gasteiger partial charge in [-0.05, 0) is 6.42 Å². The van der Waals surface area contributed by atoms with E-state index in [-0.39, 0.29) is 6.54 Å². The predicted molar refractivity (Wildman–Crippen MR) is 73.2 cm³/mol. The van der Waals surface area contributed by atoms with Gasteiger partial charge < -0.3 is 9.80 Å². The summed E-state index contributed by atoms with van der Waals surface area (Å²) in [4.78, 5) is 1.79. The minimum Gasteiger partial charge on any atom is -0.336 e. The van der Waals surface area contributed by atoms with Crippen molar-refractivity contribution < 1.29 is 52.1 Å². The third-order valence-corrected chi connectivity index (χ3v) is 4.85. The Labute approximate surface area is 148 Å². The first kappa shape index (κ1) is 23.7. The third-order valence-electron chi connectivity index (χ3n) is 3.54. The summed E-state index contributed by atoms with van der Waals surface area (Å²) < 4.78 is 143. The highest BCUT2D eigenvalue weighted by Gasteiger charge is 2.86. The second-order valence-electron chi connectivity index (χ2n) is 5.59. The zero-order valence-corrected chi connectivity index (χ0v) is 14.6. The number of hydrogen-bond acceptors (Lipinski definition) is 5. The first-order valence-electron chi connectivity index (χ1n) is 7.23. The molecule has 1 rings (SSSR count). The van der Waals surface area contributed by atoms with E-state index in [0.29, 0.717) is 12.8 Å². The van der Waals surface area contributed by atoms with E-state index in [1.165, 1.54) is 0 Å². The van der Waals surface area contributed by atoms with Crippen molar-refractivity contribution in [1.82, 2.24) is 9.80 Å². The van der Waals surface area contributed by atoms with Gasteiger partial charge in [-0.25, -0.2) is 4.18 Å². The zero-order chi connectivity index (χ0) is 21.5. The highest BCUT2D eigenvalue weighted by molar-refractivity contribution is 7.87. The molecule has 5 nitrogen and oxygen atoms in total. The van der Waals surface area contributed by atoms with Crippen LogP contribution in [0.4, 0.5) is 39.5 Å². The smallest absolute Gasteiger partial charge is 0.336 e. The number of hydrogen-bond donors (Lipinski definition) is 0. The minimum absolute atomic E-state index is 0.0121. The fraction of sp³-hybridized carbons (Fsp3) is 0.833. The van der Waals surface area contributed by atoms with Crippen LogP contribution in [0.15, 0.2) is 12.4 Å². The molecule has 0 N–H and O–H groups in total. The Morgan fingerprint density at radius 3 is 1.93 bits per heavy atom. The summed E-state index contributed by atoms with van der Waals surface area (Å²) in [7, 11) is -5.84. The van der Waals surface area contributed by atoms with Gasteiger partial charge in [-0.1, -0.05) is 13.3 Å². The van der Waals surface area contributed by atoms with E-state index < -0.39 is 39.7 Å². The molecule has 0 aliphatic carbocycles. The highest BCUT2D eigenvalue weighted by atomic mass is 32.2. The lowest BCUT2D eigenvalue weighted by Gasteiger charge is -2.35. The molecule has 0 saturated heterocycles. The van der Waals surface area contributed by atoms with Gasteiger partial charge in [-0.15, -0.1) is 0 Å². The second kappa shape index (κ2) is 7.22. The van der Waals surface area contributed by atoms with Gasteiger partial charge in [0, 0.05) is 26.0 Å². The number of alkyl halides is 9. The average Bonchev–Trinajstić information content (AvgIpc) is 2.83. The van der Waals surface area contributed by atoms with E-state index in [0.717, 1.165) is 29.2 Å². The molecule has 1 aliphatic rings. The number of nitrogens with zero attached hydrogens (tertiary/aromatic N) is 2. The highest BCUT2D eigenvalue weighted by Crippen LogP contribution is 2.55. The summed E-state index contributed by atoms with van der Waals surface area (Å²) in [5.74, 6) is -14.7. The summed E-state index contributed by atoms with van der Waals surface area (Å²) >= 11 is 0. The molecule has 0 radical (unpaired) electrons. The Kier molecular flexibility index (Phi) is 6.33. The first-order valence-corrected chi connectivity index (χ1v) is 8.64. The third kappa shape index (κ3) is 3.93. The van der Waals surface area contributed by atoms with Gasteiger partial charge >= 0.3 is 33.4 Å². The van der Waals surface area contributed by atoms with Crippen LogP contribution >= 0.6 is 0 Å². The summed E-state index contributed by atoms with van der Waals surface area (Å²) in [5.41, 5.74) is 0. The van der Waals surface area contributed by atoms with Gasteiger partial charge in [0.05, 0.1) is 0 Å². The van der Waals surface area contributed by atoms with Crippen LogP contribution in [0.25, 0.3) is 0 Å². The quantitative estimate of drug-likeness (QED) is 0.429. The number of halogens is 9. The van der Waals surface area contributed by atoms with E-state index in [1.54, 1.807) is 6.92 Å². The molecular formula is C12H15F9N2O3S. The summed E-state index contributed by atoms with van der Waals surface area (Å²) in [6.07, 6.45) is -5.89. The topological polar surface area (TPSA) is 49.9 Å². The molecular weight excluding hydrogens is 423 g/mol. The molecule has 0 amide bonds. The van der Waals surface area contributed by atoms with Crippen LogP contribution in [-0.4, -0.2) is 61.4 Å². The normalized spacial score (nSPS) is 19.9. The van der Waals surface area contributed by atoms with Crippen molar-refractivity contribution in [2.24, 2.45) is 0 Å². The van der Waals surface area contributed by atoms with Crippen LogP contribution in [0.2, 0.25) is 0 Å². The number of unbranched alkanes of at least 4 members (excludes halogenated alkanes) is 1. The fourth-order valence-corrected chi connectivity index (χ4v) is 2.95. The van der Waals surface area contributed by atoms with Crippen molar-refractivity contribution in [3.05, 3.63) is 12.4 Å². The van der Waals surface area contributed by atoms with Gasteiger partial charge in [0.1, 0.15) is 0 Å². The van der Waals surface area contributed by atoms with E-state index in [9.17, 15) is 47.9 Å². The molecule has 0 saturated carbocycles. The van der Waals surface area contributed by atoms with Crippen molar-refractivity contribution in [2.45, 2.75) is 49.4 Å². The van der Waals surface area contributed by atoms with Gasteiger partial charge in [-0.3, -0.25) is 0 Å². The maximum absolute atomic E-state index is 13.7. The largest absolute Gasteiger partial charge is 0.460 e. The Morgan fingerprint density at radius 1 is 0.963 bits per heavy atom. The van der Waals surface area contributed by atoms with Crippen LogP contribution < -0.4 is 0 Å². The first-order chi connectivity index (χ1) is 11.9. The molecule has 0 spiro atoms. The Balaban J connectivity index is 3.21. The van der Waals surface area contributed by atoms with E-state index in [1.807, 2.05) is 0 Å². The monoisotopic (exact) mass is 438 g/mol. The molecule has 27 heavy (non-hydrogen) atoms. The molecule has 1 heterocycles. The SMILES string of the molecule is CCCCN1C=CN(C)C1OS(=O)(=O)C(F)(F)C(F)(F)C(F)(F)C(F)(F)F. The molecule has 1 unspecified atom stereocenters. The zero-order valence-electron chi connectivity index (χ0n) is 13.8. The van der Waals surface area contributed by atoms with Crippen LogP contribution in [0.5, 0.6) is 0 Å². The predicted octanol–water partition coefficient (Wildman–Crippen LogP) is 3.56. The molecule has 0 aromatic heterocycles. The molecule has 0 bridgehead atoms. The average molecular weight is 438 g/mol. The Bertz CT molecular complexity index is 664. The van der Waals surface area contributed by atoms with Crippen LogP contribution in [-0.2, 0) is 14.3 Å². The van der Waals surface area contributed by atoms with E-state index in [2.05, 4.69) is 4.18 Å². The molecule has 0 aromatic carbocycles. The van der Waals surface area contributed by atoms with Crippen LogP contribution in [0.1, 0.15) is 19.8 Å². The van der Waals surface area contributed by atoms with Crippen molar-refractivity contribution in [2.75, 3.05) is 13.6 Å². The Morgan fingerprint density at radius 2 is 1.48 bits per heavy atom. The lowest BCUT2D eigenvalue weighted by atomic mass is 10.1. The van der Waals surface area contributed by atoms with Crippen molar-refractivity contribution in [1.29, 1.82) is 0 Å². The fourth-order valence-electron chi connectivity index (χ4n) is 1.91. The Hall–Kier alpha value is -1.38. The van der Waals surface area contributed by atoms with Crippen LogP contribution in [0.3, 0.4) is 0 Å². The lowest BCUT2D eigenvalue weighted by molar-refractivity contribution is -0.383. The molecule has 0 aromatic rings. The second-order valence-corrected chi connectivity index (χ2v) is 7.21. The summed E-state index contributed by atoms with van der Waals surface area (Å²) in [6, 6.07) is 0. The van der Waals surface area contributed by atoms with Gasteiger partial charge in [0.15, 0.2) is 0 Å². The minimum atomic E-state index is -7.33. The van der Waals surface area contributed by atoms with Crippen LogP contribution in [0, 0.1) is 0 Å². The standard InChI is InChI=1S/C12H15F9N2O3S/c1-3-4-5-23-7-6-22(2)8(23)26-27(24,25)12(20,21)10(15,16)9(13,14)11(17,18)19/h6-8H,3-5H2,1-2H3. The molecule has 160 valence electrons. The van der Waals surface area contributed by atoms with Gasteiger partial charge in [-0.2, -0.15) is 47.9 Å². The van der Waals surface area contributed by atoms with E-state index >= 15 is 0 Å². The summed E-state index contributed by atoms with van der Waals surface area (Å²) in [5, 5.41) is -6.88. The lowest BCUT2D eigenvalue weighted by Crippen LogP contribution is -2.64. The van der Waals surface area contributed by atoms with Crippen molar-refractivity contribution in [3.8, 4) is 0 Å². The van der Waals surface area contributed by atoms with Gasteiger partial charge in [0.25, 0.3) is 0 Å². The molecule has 0 fully saturated rings. The number of rotatable bonds is 8. The van der Waals surface area contributed by atoms with Crippen molar-refractivity contribution in [3.63, 3.8) is 0 Å². The van der Waals surface area contributed by atoms with Crippen molar-refractivity contribution >= 4 is 10.1 Å².